The van der Waals surface area contributed by atoms with Gasteiger partial charge >= 0.3 is 0 Å². The Morgan fingerprint density at radius 2 is 2.21 bits per heavy atom. The Bertz CT molecular complexity index is 530. The first-order valence-electron chi connectivity index (χ1n) is 4.39. The molecule has 0 amide bonds. The number of benzene rings is 1. The number of hydrogen-bond acceptors (Lipinski definition) is 3. The van der Waals surface area contributed by atoms with Crippen molar-refractivity contribution in [2.75, 3.05) is 12.4 Å². The van der Waals surface area contributed by atoms with Gasteiger partial charge in [-0.2, -0.15) is 0 Å². The van der Waals surface area contributed by atoms with E-state index in [1.807, 2.05) is 19.2 Å². The van der Waals surface area contributed by atoms with E-state index in [9.17, 15) is 4.79 Å². The van der Waals surface area contributed by atoms with Crippen LogP contribution in [-0.4, -0.2) is 17.0 Å². The highest BCUT2D eigenvalue weighted by atomic mass is 16.1. The van der Waals surface area contributed by atoms with Crippen LogP contribution in [0.15, 0.2) is 23.0 Å². The molecule has 1 aromatic heterocycles. The molecule has 0 aliphatic rings. The molecular weight excluding hydrogens is 178 g/mol. The Morgan fingerprint density at radius 1 is 1.43 bits per heavy atom. The molecule has 0 saturated carbocycles. The first kappa shape index (κ1) is 8.74. The summed E-state index contributed by atoms with van der Waals surface area (Å²) in [6.45, 7) is 1.77. The van der Waals surface area contributed by atoms with Crippen LogP contribution in [0.1, 0.15) is 5.82 Å². The molecule has 0 aliphatic heterocycles. The molecule has 1 heterocycles. The van der Waals surface area contributed by atoms with E-state index >= 15 is 0 Å². The average molecular weight is 189 g/mol. The van der Waals surface area contributed by atoms with E-state index in [0.29, 0.717) is 11.2 Å². The Labute approximate surface area is 81.0 Å². The predicted octanol–water partition coefficient (Wildman–Crippen LogP) is 1.27. The van der Waals surface area contributed by atoms with Crippen LogP contribution in [0, 0.1) is 6.92 Å². The molecule has 0 fully saturated rings. The number of aromatic amines is 1. The van der Waals surface area contributed by atoms with Crippen molar-refractivity contribution in [3.8, 4) is 0 Å². The molecule has 1 aromatic carbocycles. The molecule has 0 radical (unpaired) electrons. The SMILES string of the molecule is CNc1ccc2nc(C)[nH]c(=O)c2c1. The van der Waals surface area contributed by atoms with Gasteiger partial charge in [-0.3, -0.25) is 4.79 Å². The first-order chi connectivity index (χ1) is 6.70. The zero-order valence-electron chi connectivity index (χ0n) is 8.09. The molecule has 2 rings (SSSR count). The van der Waals surface area contributed by atoms with Crippen molar-refractivity contribution in [3.05, 3.63) is 34.4 Å². The van der Waals surface area contributed by atoms with E-state index in [-0.39, 0.29) is 5.56 Å². The lowest BCUT2D eigenvalue weighted by molar-refractivity contribution is 1.06. The topological polar surface area (TPSA) is 57.8 Å². The summed E-state index contributed by atoms with van der Waals surface area (Å²) in [5, 5.41) is 3.59. The maximum Gasteiger partial charge on any atom is 0.258 e. The van der Waals surface area contributed by atoms with Gasteiger partial charge in [-0.1, -0.05) is 0 Å². The predicted molar refractivity (Wildman–Crippen MR) is 56.6 cm³/mol. The minimum Gasteiger partial charge on any atom is -0.388 e. The molecule has 2 N–H and O–H groups in total. The van der Waals surface area contributed by atoms with Crippen molar-refractivity contribution < 1.29 is 0 Å². The molecule has 4 nitrogen and oxygen atoms in total. The second kappa shape index (κ2) is 3.14. The minimum absolute atomic E-state index is 0.0930. The number of nitrogens with zero attached hydrogens (tertiary/aromatic N) is 1. The molecule has 0 bridgehead atoms. The monoisotopic (exact) mass is 189 g/mol. The summed E-state index contributed by atoms with van der Waals surface area (Å²) in [7, 11) is 1.82. The summed E-state index contributed by atoms with van der Waals surface area (Å²) in [5.41, 5.74) is 1.54. The van der Waals surface area contributed by atoms with Crippen LogP contribution in [0.2, 0.25) is 0 Å². The highest BCUT2D eigenvalue weighted by Gasteiger charge is 2.01. The zero-order valence-corrected chi connectivity index (χ0v) is 8.09. The van der Waals surface area contributed by atoms with E-state index in [0.717, 1.165) is 11.2 Å². The third-order valence-electron chi connectivity index (χ3n) is 2.11. The first-order valence-corrected chi connectivity index (χ1v) is 4.39. The smallest absolute Gasteiger partial charge is 0.258 e. The van der Waals surface area contributed by atoms with Crippen LogP contribution in [0.25, 0.3) is 10.9 Å². The van der Waals surface area contributed by atoms with E-state index in [2.05, 4.69) is 15.3 Å². The fraction of sp³-hybridized carbons (Fsp3) is 0.200. The van der Waals surface area contributed by atoms with Gasteiger partial charge in [0.2, 0.25) is 0 Å². The quantitative estimate of drug-likeness (QED) is 0.710. The number of H-pyrrole nitrogens is 1. The van der Waals surface area contributed by atoms with Crippen LogP contribution in [0.4, 0.5) is 5.69 Å². The summed E-state index contributed by atoms with van der Waals surface area (Å²) in [6, 6.07) is 5.53. The normalized spacial score (nSPS) is 10.4. The molecular formula is C10H11N3O. The molecule has 0 saturated heterocycles. The standard InChI is InChI=1S/C10H11N3O/c1-6-12-9-4-3-7(11-2)5-8(9)10(14)13-6/h3-5,11H,1-2H3,(H,12,13,14). The van der Waals surface area contributed by atoms with Gasteiger partial charge in [0.1, 0.15) is 5.82 Å². The number of rotatable bonds is 1. The van der Waals surface area contributed by atoms with Crippen LogP contribution in [0.5, 0.6) is 0 Å². The Kier molecular flexibility index (Phi) is 1.96. The van der Waals surface area contributed by atoms with Crippen molar-refractivity contribution in [1.82, 2.24) is 9.97 Å². The molecule has 0 atom stereocenters. The van der Waals surface area contributed by atoms with Crippen molar-refractivity contribution in [3.63, 3.8) is 0 Å². The Hall–Kier alpha value is -1.84. The Balaban J connectivity index is 2.82. The largest absolute Gasteiger partial charge is 0.388 e. The molecule has 2 aromatic rings. The highest BCUT2D eigenvalue weighted by Crippen LogP contribution is 2.13. The van der Waals surface area contributed by atoms with E-state index in [4.69, 9.17) is 0 Å². The lowest BCUT2D eigenvalue weighted by Crippen LogP contribution is -2.09. The van der Waals surface area contributed by atoms with Crippen LogP contribution < -0.4 is 10.9 Å². The van der Waals surface area contributed by atoms with E-state index in [1.165, 1.54) is 0 Å². The van der Waals surface area contributed by atoms with Gasteiger partial charge in [0.05, 0.1) is 10.9 Å². The number of fused-ring (bicyclic) bond motifs is 1. The van der Waals surface area contributed by atoms with Gasteiger partial charge in [0.25, 0.3) is 5.56 Å². The van der Waals surface area contributed by atoms with Gasteiger partial charge < -0.3 is 10.3 Å². The maximum absolute atomic E-state index is 11.5. The average Bonchev–Trinajstić information content (AvgIpc) is 2.17. The van der Waals surface area contributed by atoms with Gasteiger partial charge in [-0.05, 0) is 25.1 Å². The fourth-order valence-electron chi connectivity index (χ4n) is 1.41. The number of hydrogen-bond donors (Lipinski definition) is 2. The summed E-state index contributed by atoms with van der Waals surface area (Å²) in [4.78, 5) is 18.4. The van der Waals surface area contributed by atoms with E-state index in [1.54, 1.807) is 13.0 Å². The molecule has 4 heteroatoms. The molecule has 0 aliphatic carbocycles. The second-order valence-electron chi connectivity index (χ2n) is 3.13. The number of nitrogens with one attached hydrogen (secondary N) is 2. The molecule has 0 unspecified atom stereocenters. The van der Waals surface area contributed by atoms with Gasteiger partial charge in [0.15, 0.2) is 0 Å². The molecule has 72 valence electrons. The maximum atomic E-state index is 11.5. The summed E-state index contributed by atoms with van der Waals surface area (Å²) in [6.07, 6.45) is 0. The van der Waals surface area contributed by atoms with Crippen molar-refractivity contribution in [2.24, 2.45) is 0 Å². The number of anilines is 1. The highest BCUT2D eigenvalue weighted by molar-refractivity contribution is 5.81. The van der Waals surface area contributed by atoms with Crippen molar-refractivity contribution in [2.45, 2.75) is 6.92 Å². The lowest BCUT2D eigenvalue weighted by Gasteiger charge is -2.02. The van der Waals surface area contributed by atoms with Gasteiger partial charge in [-0.25, -0.2) is 4.98 Å². The van der Waals surface area contributed by atoms with Crippen LogP contribution in [-0.2, 0) is 0 Å². The Morgan fingerprint density at radius 3 is 2.93 bits per heavy atom. The van der Waals surface area contributed by atoms with Crippen molar-refractivity contribution in [1.29, 1.82) is 0 Å². The minimum atomic E-state index is -0.0930. The fourth-order valence-corrected chi connectivity index (χ4v) is 1.41. The van der Waals surface area contributed by atoms with Crippen molar-refractivity contribution >= 4 is 16.6 Å². The van der Waals surface area contributed by atoms with Crippen LogP contribution >= 0.6 is 0 Å². The summed E-state index contributed by atoms with van der Waals surface area (Å²) >= 11 is 0. The molecule has 0 spiro atoms. The number of aryl methyl sites for hydroxylation is 1. The lowest BCUT2D eigenvalue weighted by atomic mass is 10.2. The van der Waals surface area contributed by atoms with Gasteiger partial charge in [-0.15, -0.1) is 0 Å². The molecule has 14 heavy (non-hydrogen) atoms. The summed E-state index contributed by atoms with van der Waals surface area (Å²) < 4.78 is 0. The van der Waals surface area contributed by atoms with E-state index < -0.39 is 0 Å². The third kappa shape index (κ3) is 1.35. The third-order valence-corrected chi connectivity index (χ3v) is 2.11. The zero-order chi connectivity index (χ0) is 10.1. The number of aromatic nitrogens is 2. The van der Waals surface area contributed by atoms with Gasteiger partial charge in [0, 0.05) is 12.7 Å². The second-order valence-corrected chi connectivity index (χ2v) is 3.13. The van der Waals surface area contributed by atoms with Crippen LogP contribution in [0.3, 0.4) is 0 Å². The summed E-state index contributed by atoms with van der Waals surface area (Å²) in [5.74, 6) is 0.639.